The molecule has 0 spiro atoms. The minimum atomic E-state index is -0.995. The van der Waals surface area contributed by atoms with Crippen LogP contribution in [0.2, 0.25) is 0 Å². The summed E-state index contributed by atoms with van der Waals surface area (Å²) in [5.41, 5.74) is 2.31. The van der Waals surface area contributed by atoms with Crippen LogP contribution in [0.4, 0.5) is 11.4 Å². The number of hydrogen-bond acceptors (Lipinski definition) is 2. The van der Waals surface area contributed by atoms with Gasteiger partial charge in [-0.05, 0) is 35.2 Å². The molecule has 0 fully saturated rings. The van der Waals surface area contributed by atoms with Gasteiger partial charge in [-0.15, -0.1) is 0 Å². The van der Waals surface area contributed by atoms with E-state index in [9.17, 15) is 9.59 Å². The van der Waals surface area contributed by atoms with Gasteiger partial charge in [-0.2, -0.15) is 0 Å². The molecular weight excluding hydrogens is 314 g/mol. The zero-order chi connectivity index (χ0) is 17.8. The second kappa shape index (κ2) is 7.01. The molecule has 124 valence electrons. The molecule has 3 aromatic rings. The lowest BCUT2D eigenvalue weighted by Gasteiger charge is -2.23. The van der Waals surface area contributed by atoms with Crippen LogP contribution in [0, 0.1) is 0 Å². The van der Waals surface area contributed by atoms with Crippen molar-refractivity contribution < 1.29 is 14.7 Å². The van der Waals surface area contributed by atoms with Gasteiger partial charge in [-0.3, -0.25) is 9.69 Å². The van der Waals surface area contributed by atoms with E-state index in [1.807, 2.05) is 54.6 Å². The molecule has 0 aliphatic rings. The van der Waals surface area contributed by atoms with Crippen molar-refractivity contribution in [3.8, 4) is 0 Å². The first-order valence-corrected chi connectivity index (χ1v) is 7.86. The summed E-state index contributed by atoms with van der Waals surface area (Å²) in [6.45, 7) is 1.53. The molecule has 0 atom stereocenters. The van der Waals surface area contributed by atoms with E-state index in [0.717, 1.165) is 33.8 Å². The normalized spacial score (nSPS) is 10.9. The van der Waals surface area contributed by atoms with Gasteiger partial charge >= 0.3 is 5.97 Å². The van der Waals surface area contributed by atoms with Crippen molar-refractivity contribution in [2.24, 2.45) is 0 Å². The molecule has 4 heteroatoms. The first-order chi connectivity index (χ1) is 12.1. The second-order valence-corrected chi connectivity index (χ2v) is 5.62. The minimum absolute atomic E-state index is 0.0924. The summed E-state index contributed by atoms with van der Waals surface area (Å²) in [4.78, 5) is 24.6. The summed E-state index contributed by atoms with van der Waals surface area (Å²) >= 11 is 0. The average Bonchev–Trinajstić information content (AvgIpc) is 2.61. The first kappa shape index (κ1) is 16.5. The molecule has 0 unspecified atom stereocenters. The summed E-state index contributed by atoms with van der Waals surface area (Å²) in [5, 5.41) is 10.8. The van der Waals surface area contributed by atoms with Gasteiger partial charge in [0.2, 0.25) is 5.91 Å². The number of anilines is 2. The maximum Gasteiger partial charge on any atom is 0.328 e. The molecule has 0 radical (unpaired) electrons. The van der Waals surface area contributed by atoms with E-state index >= 15 is 0 Å². The van der Waals surface area contributed by atoms with E-state index in [4.69, 9.17) is 5.11 Å². The summed E-state index contributed by atoms with van der Waals surface area (Å²) in [5.74, 6) is -1.09. The smallest absolute Gasteiger partial charge is 0.328 e. The molecule has 4 nitrogen and oxygen atoms in total. The summed E-state index contributed by atoms with van der Waals surface area (Å²) in [6.07, 6.45) is 2.60. The van der Waals surface area contributed by atoms with Crippen molar-refractivity contribution in [2.75, 3.05) is 4.90 Å². The number of benzene rings is 3. The number of nitrogens with zero attached hydrogens (tertiary/aromatic N) is 1. The maximum atomic E-state index is 12.3. The number of carbonyl (C=O) groups is 2. The monoisotopic (exact) mass is 331 g/mol. The highest BCUT2D eigenvalue weighted by atomic mass is 16.4. The largest absolute Gasteiger partial charge is 0.478 e. The highest BCUT2D eigenvalue weighted by Gasteiger charge is 2.16. The summed E-state index contributed by atoms with van der Waals surface area (Å²) < 4.78 is 0. The van der Waals surface area contributed by atoms with Gasteiger partial charge < -0.3 is 5.11 Å². The van der Waals surface area contributed by atoms with Crippen LogP contribution in [0.5, 0.6) is 0 Å². The lowest BCUT2D eigenvalue weighted by molar-refractivity contribution is -0.131. The zero-order valence-corrected chi connectivity index (χ0v) is 13.7. The molecule has 25 heavy (non-hydrogen) atoms. The molecule has 1 amide bonds. The lowest BCUT2D eigenvalue weighted by atomic mass is 10.1. The van der Waals surface area contributed by atoms with Crippen molar-refractivity contribution in [3.05, 3.63) is 78.4 Å². The Morgan fingerprint density at radius 1 is 0.920 bits per heavy atom. The third kappa shape index (κ3) is 3.58. The number of fused-ring (bicyclic) bond motifs is 1. The lowest BCUT2D eigenvalue weighted by Crippen LogP contribution is -2.22. The molecule has 3 aromatic carbocycles. The Morgan fingerprint density at radius 3 is 2.28 bits per heavy atom. The second-order valence-electron chi connectivity index (χ2n) is 5.62. The van der Waals surface area contributed by atoms with Crippen LogP contribution in [-0.4, -0.2) is 17.0 Å². The number of hydrogen-bond donors (Lipinski definition) is 1. The molecule has 0 aliphatic carbocycles. The van der Waals surface area contributed by atoms with Crippen LogP contribution in [-0.2, 0) is 9.59 Å². The third-order valence-electron chi connectivity index (χ3n) is 3.89. The molecule has 0 aliphatic heterocycles. The van der Waals surface area contributed by atoms with Gasteiger partial charge in [0.25, 0.3) is 0 Å². The molecule has 3 rings (SSSR count). The topological polar surface area (TPSA) is 57.6 Å². The predicted octanol–water partition coefficient (Wildman–Crippen LogP) is 4.62. The number of aliphatic carboxylic acids is 1. The standard InChI is InChI=1S/C21H17NO3/c1-15(23)22(18-12-9-16(10-13-18)11-14-21(24)25)20-8-4-6-17-5-2-3-7-19(17)20/h2-14H,1H3,(H,24,25). The molecule has 0 heterocycles. The van der Waals surface area contributed by atoms with Crippen LogP contribution < -0.4 is 4.90 Å². The van der Waals surface area contributed by atoms with Crippen LogP contribution >= 0.6 is 0 Å². The number of carboxylic acids is 1. The number of carbonyl (C=O) groups excluding carboxylic acids is 1. The number of carboxylic acid groups (broad SMARTS) is 1. The predicted molar refractivity (Wildman–Crippen MR) is 99.9 cm³/mol. The molecular formula is C21H17NO3. The van der Waals surface area contributed by atoms with Gasteiger partial charge in [0.1, 0.15) is 0 Å². The van der Waals surface area contributed by atoms with E-state index in [1.165, 1.54) is 13.0 Å². The number of amides is 1. The third-order valence-corrected chi connectivity index (χ3v) is 3.89. The van der Waals surface area contributed by atoms with Crippen molar-refractivity contribution >= 4 is 40.1 Å². The SMILES string of the molecule is CC(=O)N(c1ccc(C=CC(=O)O)cc1)c1cccc2ccccc12. The van der Waals surface area contributed by atoms with Crippen molar-refractivity contribution in [2.45, 2.75) is 6.92 Å². The van der Waals surface area contributed by atoms with E-state index < -0.39 is 5.97 Å². The molecule has 0 saturated carbocycles. The first-order valence-electron chi connectivity index (χ1n) is 7.86. The van der Waals surface area contributed by atoms with E-state index in [2.05, 4.69) is 0 Å². The van der Waals surface area contributed by atoms with E-state index in [1.54, 1.807) is 17.0 Å². The maximum absolute atomic E-state index is 12.3. The van der Waals surface area contributed by atoms with Gasteiger partial charge in [0.15, 0.2) is 0 Å². The highest BCUT2D eigenvalue weighted by Crippen LogP contribution is 2.32. The van der Waals surface area contributed by atoms with Gasteiger partial charge in [0.05, 0.1) is 5.69 Å². The Bertz CT molecular complexity index is 953. The Kier molecular flexibility index (Phi) is 4.61. The Morgan fingerprint density at radius 2 is 1.60 bits per heavy atom. The summed E-state index contributed by atoms with van der Waals surface area (Å²) in [7, 11) is 0. The van der Waals surface area contributed by atoms with Crippen molar-refractivity contribution in [3.63, 3.8) is 0 Å². The quantitative estimate of drug-likeness (QED) is 0.710. The zero-order valence-electron chi connectivity index (χ0n) is 13.7. The van der Waals surface area contributed by atoms with Gasteiger partial charge in [-0.1, -0.05) is 48.5 Å². The van der Waals surface area contributed by atoms with Gasteiger partial charge in [0, 0.05) is 24.1 Å². The summed E-state index contributed by atoms with van der Waals surface area (Å²) in [6, 6.07) is 21.0. The van der Waals surface area contributed by atoms with Crippen LogP contribution in [0.1, 0.15) is 12.5 Å². The van der Waals surface area contributed by atoms with Crippen LogP contribution in [0.3, 0.4) is 0 Å². The molecule has 1 N–H and O–H groups in total. The average molecular weight is 331 g/mol. The van der Waals surface area contributed by atoms with Crippen LogP contribution in [0.15, 0.2) is 72.8 Å². The minimum Gasteiger partial charge on any atom is -0.478 e. The Hall–Kier alpha value is -3.40. The molecule has 0 bridgehead atoms. The van der Waals surface area contributed by atoms with Crippen LogP contribution in [0.25, 0.3) is 16.8 Å². The molecule has 0 saturated heterocycles. The van der Waals surface area contributed by atoms with E-state index in [-0.39, 0.29) is 5.91 Å². The Balaban J connectivity index is 2.04. The van der Waals surface area contributed by atoms with Crippen molar-refractivity contribution in [1.29, 1.82) is 0 Å². The molecule has 0 aromatic heterocycles. The fourth-order valence-corrected chi connectivity index (χ4v) is 2.80. The number of rotatable bonds is 4. The van der Waals surface area contributed by atoms with Crippen molar-refractivity contribution in [1.82, 2.24) is 0 Å². The fourth-order valence-electron chi connectivity index (χ4n) is 2.80. The Labute approximate surface area is 145 Å². The highest BCUT2D eigenvalue weighted by molar-refractivity contribution is 6.07. The van der Waals surface area contributed by atoms with E-state index in [0.29, 0.717) is 0 Å². The van der Waals surface area contributed by atoms with Gasteiger partial charge in [-0.25, -0.2) is 4.79 Å². The fraction of sp³-hybridized carbons (Fsp3) is 0.0476.